The van der Waals surface area contributed by atoms with Gasteiger partial charge >= 0.3 is 0 Å². The Morgan fingerprint density at radius 2 is 1.70 bits per heavy atom. The first-order chi connectivity index (χ1) is 9.74. The second-order valence-electron chi connectivity index (χ2n) is 4.60. The Bertz CT molecular complexity index is 727. The lowest BCUT2D eigenvalue weighted by Crippen LogP contribution is -2.20. The summed E-state index contributed by atoms with van der Waals surface area (Å²) < 4.78 is 0. The SMILES string of the molecule is CN(Cc1ccccn1)c1nc2ccccc2nc1N. The van der Waals surface area contributed by atoms with E-state index in [0.29, 0.717) is 18.2 Å². The monoisotopic (exact) mass is 265 g/mol. The van der Waals surface area contributed by atoms with Gasteiger partial charge in [-0.15, -0.1) is 0 Å². The van der Waals surface area contributed by atoms with E-state index in [1.54, 1.807) is 6.20 Å². The fourth-order valence-corrected chi connectivity index (χ4v) is 2.09. The molecule has 0 saturated carbocycles. The zero-order valence-corrected chi connectivity index (χ0v) is 11.2. The minimum atomic E-state index is 0.433. The van der Waals surface area contributed by atoms with Crippen LogP contribution in [-0.2, 0) is 6.54 Å². The van der Waals surface area contributed by atoms with Crippen molar-refractivity contribution in [2.45, 2.75) is 6.54 Å². The third-order valence-electron chi connectivity index (χ3n) is 3.06. The average molecular weight is 265 g/mol. The van der Waals surface area contributed by atoms with Crippen LogP contribution in [0.2, 0.25) is 0 Å². The van der Waals surface area contributed by atoms with Gasteiger partial charge in [0.05, 0.1) is 23.3 Å². The molecule has 5 heteroatoms. The highest BCUT2D eigenvalue weighted by atomic mass is 15.2. The van der Waals surface area contributed by atoms with Crippen molar-refractivity contribution < 1.29 is 0 Å². The molecule has 3 aromatic rings. The van der Waals surface area contributed by atoms with E-state index in [4.69, 9.17) is 5.73 Å². The summed E-state index contributed by atoms with van der Waals surface area (Å²) in [6.45, 7) is 0.637. The van der Waals surface area contributed by atoms with Crippen molar-refractivity contribution in [3.8, 4) is 0 Å². The molecule has 0 spiro atoms. The largest absolute Gasteiger partial charge is 0.381 e. The van der Waals surface area contributed by atoms with Crippen molar-refractivity contribution in [2.75, 3.05) is 17.7 Å². The van der Waals surface area contributed by atoms with E-state index in [2.05, 4.69) is 15.0 Å². The van der Waals surface area contributed by atoms with Crippen LogP contribution in [-0.4, -0.2) is 22.0 Å². The van der Waals surface area contributed by atoms with E-state index >= 15 is 0 Å². The summed E-state index contributed by atoms with van der Waals surface area (Å²) in [5.41, 5.74) is 8.61. The first-order valence-corrected chi connectivity index (χ1v) is 6.37. The van der Waals surface area contributed by atoms with E-state index in [-0.39, 0.29) is 0 Å². The Hall–Kier alpha value is -2.69. The molecule has 100 valence electrons. The molecule has 5 nitrogen and oxygen atoms in total. The van der Waals surface area contributed by atoms with Crippen LogP contribution in [0.3, 0.4) is 0 Å². The van der Waals surface area contributed by atoms with Crippen LogP contribution in [0.1, 0.15) is 5.69 Å². The molecular weight excluding hydrogens is 250 g/mol. The van der Waals surface area contributed by atoms with E-state index in [1.807, 2.05) is 54.4 Å². The number of nitrogen functional groups attached to an aromatic ring is 1. The molecule has 3 rings (SSSR count). The molecule has 0 aliphatic carbocycles. The molecule has 0 amide bonds. The van der Waals surface area contributed by atoms with Gasteiger partial charge in [0, 0.05) is 13.2 Å². The molecule has 2 aromatic heterocycles. The van der Waals surface area contributed by atoms with Crippen LogP contribution < -0.4 is 10.6 Å². The second-order valence-corrected chi connectivity index (χ2v) is 4.60. The highest BCUT2D eigenvalue weighted by Gasteiger charge is 2.11. The molecule has 0 unspecified atom stereocenters. The van der Waals surface area contributed by atoms with Crippen molar-refractivity contribution in [2.24, 2.45) is 0 Å². The average Bonchev–Trinajstić information content (AvgIpc) is 2.47. The molecule has 2 heterocycles. The number of hydrogen-bond donors (Lipinski definition) is 1. The van der Waals surface area contributed by atoms with Crippen LogP contribution in [0.5, 0.6) is 0 Å². The minimum Gasteiger partial charge on any atom is -0.381 e. The Labute approximate surface area is 117 Å². The van der Waals surface area contributed by atoms with Crippen molar-refractivity contribution in [3.63, 3.8) is 0 Å². The Morgan fingerprint density at radius 3 is 2.40 bits per heavy atom. The topological polar surface area (TPSA) is 67.9 Å². The molecule has 0 aliphatic rings. The number of pyridine rings is 1. The predicted molar refractivity (Wildman–Crippen MR) is 80.3 cm³/mol. The number of rotatable bonds is 3. The molecule has 0 fully saturated rings. The second kappa shape index (κ2) is 5.13. The van der Waals surface area contributed by atoms with Gasteiger partial charge in [-0.3, -0.25) is 4.98 Å². The summed E-state index contributed by atoms with van der Waals surface area (Å²) in [6, 6.07) is 13.5. The smallest absolute Gasteiger partial charge is 0.172 e. The van der Waals surface area contributed by atoms with Crippen LogP contribution >= 0.6 is 0 Å². The number of nitrogens with two attached hydrogens (primary N) is 1. The highest BCUT2D eigenvalue weighted by Crippen LogP contribution is 2.22. The lowest BCUT2D eigenvalue weighted by molar-refractivity contribution is 0.868. The zero-order valence-electron chi connectivity index (χ0n) is 11.2. The summed E-state index contributed by atoms with van der Waals surface area (Å²) in [4.78, 5) is 15.2. The summed E-state index contributed by atoms with van der Waals surface area (Å²) in [7, 11) is 1.93. The summed E-state index contributed by atoms with van der Waals surface area (Å²) >= 11 is 0. The molecule has 0 aliphatic heterocycles. The number of benzene rings is 1. The number of nitrogens with zero attached hydrogens (tertiary/aromatic N) is 4. The van der Waals surface area contributed by atoms with Crippen LogP contribution in [0.4, 0.5) is 11.6 Å². The van der Waals surface area contributed by atoms with Crippen LogP contribution in [0.25, 0.3) is 11.0 Å². The number of para-hydroxylation sites is 2. The van der Waals surface area contributed by atoms with Crippen molar-refractivity contribution in [1.29, 1.82) is 0 Å². The Balaban J connectivity index is 1.95. The molecule has 0 radical (unpaired) electrons. The number of fused-ring (bicyclic) bond motifs is 1. The van der Waals surface area contributed by atoms with E-state index in [1.165, 1.54) is 0 Å². The van der Waals surface area contributed by atoms with Crippen LogP contribution in [0, 0.1) is 0 Å². The fraction of sp³-hybridized carbons (Fsp3) is 0.133. The molecule has 0 bridgehead atoms. The lowest BCUT2D eigenvalue weighted by Gasteiger charge is -2.19. The van der Waals surface area contributed by atoms with Gasteiger partial charge in [-0.05, 0) is 24.3 Å². The van der Waals surface area contributed by atoms with Crippen molar-refractivity contribution in [1.82, 2.24) is 15.0 Å². The maximum Gasteiger partial charge on any atom is 0.172 e. The molecule has 0 saturated heterocycles. The van der Waals surface area contributed by atoms with Gasteiger partial charge in [0.2, 0.25) is 0 Å². The first-order valence-electron chi connectivity index (χ1n) is 6.37. The summed E-state index contributed by atoms with van der Waals surface area (Å²) in [5.74, 6) is 1.11. The van der Waals surface area contributed by atoms with Gasteiger partial charge in [-0.1, -0.05) is 18.2 Å². The van der Waals surface area contributed by atoms with Gasteiger partial charge in [-0.2, -0.15) is 0 Å². The number of anilines is 2. The minimum absolute atomic E-state index is 0.433. The molecule has 20 heavy (non-hydrogen) atoms. The number of aromatic nitrogens is 3. The van der Waals surface area contributed by atoms with Gasteiger partial charge < -0.3 is 10.6 Å². The van der Waals surface area contributed by atoms with E-state index < -0.39 is 0 Å². The highest BCUT2D eigenvalue weighted by molar-refractivity contribution is 5.79. The van der Waals surface area contributed by atoms with Gasteiger partial charge in [0.25, 0.3) is 0 Å². The number of hydrogen-bond acceptors (Lipinski definition) is 5. The van der Waals surface area contributed by atoms with Gasteiger partial charge in [-0.25, -0.2) is 9.97 Å². The Morgan fingerprint density at radius 1 is 1.00 bits per heavy atom. The molecule has 0 atom stereocenters. The fourth-order valence-electron chi connectivity index (χ4n) is 2.09. The van der Waals surface area contributed by atoms with E-state index in [0.717, 1.165) is 16.7 Å². The molecule has 2 N–H and O–H groups in total. The third-order valence-corrected chi connectivity index (χ3v) is 3.06. The van der Waals surface area contributed by atoms with Gasteiger partial charge in [0.15, 0.2) is 11.6 Å². The summed E-state index contributed by atoms with van der Waals surface area (Å²) in [6.07, 6.45) is 1.78. The maximum absolute atomic E-state index is 6.01. The van der Waals surface area contributed by atoms with E-state index in [9.17, 15) is 0 Å². The van der Waals surface area contributed by atoms with Gasteiger partial charge in [0.1, 0.15) is 0 Å². The van der Waals surface area contributed by atoms with Crippen LogP contribution in [0.15, 0.2) is 48.7 Å². The predicted octanol–water partition coefficient (Wildman–Crippen LogP) is 2.24. The molecule has 1 aromatic carbocycles. The maximum atomic E-state index is 6.01. The Kier molecular flexibility index (Phi) is 3.16. The standard InChI is InChI=1S/C15H15N5/c1-20(10-11-6-4-5-9-17-11)15-14(16)18-12-7-2-3-8-13(12)19-15/h2-9H,10H2,1H3,(H2,16,18). The molecular formula is C15H15N5. The first kappa shape index (κ1) is 12.3. The lowest BCUT2D eigenvalue weighted by atomic mass is 10.3. The zero-order chi connectivity index (χ0) is 13.9. The summed E-state index contributed by atoms with van der Waals surface area (Å²) in [5, 5.41) is 0. The quantitative estimate of drug-likeness (QED) is 0.786. The van der Waals surface area contributed by atoms with Crippen molar-refractivity contribution >= 4 is 22.7 Å². The third kappa shape index (κ3) is 2.38. The normalized spacial score (nSPS) is 10.7. The van der Waals surface area contributed by atoms with Crippen molar-refractivity contribution in [3.05, 3.63) is 54.4 Å².